The lowest BCUT2D eigenvalue weighted by atomic mass is 9.72. The lowest BCUT2D eigenvalue weighted by Gasteiger charge is -2.43. The Hall–Kier alpha value is -1.36. The van der Waals surface area contributed by atoms with Crippen molar-refractivity contribution in [3.63, 3.8) is 0 Å². The van der Waals surface area contributed by atoms with E-state index in [0.717, 1.165) is 44.3 Å². The van der Waals surface area contributed by atoms with Gasteiger partial charge in [-0.1, -0.05) is 12.8 Å². The van der Waals surface area contributed by atoms with Crippen LogP contribution in [0.5, 0.6) is 0 Å². The molecular formula is C17H27N3O2. The Morgan fingerprint density at radius 1 is 1.41 bits per heavy atom. The zero-order valence-electron chi connectivity index (χ0n) is 13.7. The van der Waals surface area contributed by atoms with Gasteiger partial charge in [0.1, 0.15) is 0 Å². The molecule has 2 fully saturated rings. The first-order valence-corrected chi connectivity index (χ1v) is 8.48. The maximum Gasteiger partial charge on any atom is 0.228 e. The number of rotatable bonds is 3. The third-order valence-electron chi connectivity index (χ3n) is 5.59. The van der Waals surface area contributed by atoms with Gasteiger partial charge in [0.15, 0.2) is 0 Å². The largest absolute Gasteiger partial charge is 0.390 e. The van der Waals surface area contributed by atoms with E-state index in [-0.39, 0.29) is 17.9 Å². The lowest BCUT2D eigenvalue weighted by molar-refractivity contribution is -0.136. The quantitative estimate of drug-likeness (QED) is 0.928. The van der Waals surface area contributed by atoms with Gasteiger partial charge in [-0.25, -0.2) is 0 Å². The number of likely N-dealkylation sites (tertiary alicyclic amines) is 1. The molecule has 1 saturated carbocycles. The van der Waals surface area contributed by atoms with Gasteiger partial charge in [-0.3, -0.25) is 9.48 Å². The first kappa shape index (κ1) is 15.5. The Balaban J connectivity index is 1.72. The van der Waals surface area contributed by atoms with E-state index >= 15 is 0 Å². The fraction of sp³-hybridized carbons (Fsp3) is 0.765. The molecule has 3 rings (SSSR count). The minimum atomic E-state index is -0.627. The second-order valence-corrected chi connectivity index (χ2v) is 7.13. The van der Waals surface area contributed by atoms with Gasteiger partial charge >= 0.3 is 0 Å². The number of aliphatic hydroxyl groups is 1. The molecule has 3 atom stereocenters. The molecule has 1 saturated heterocycles. The summed E-state index contributed by atoms with van der Waals surface area (Å²) in [5.41, 5.74) is 0.323. The predicted molar refractivity (Wildman–Crippen MR) is 84.2 cm³/mol. The summed E-state index contributed by atoms with van der Waals surface area (Å²) < 4.78 is 1.76. The van der Waals surface area contributed by atoms with E-state index < -0.39 is 5.60 Å². The summed E-state index contributed by atoms with van der Waals surface area (Å²) >= 11 is 0. The smallest absolute Gasteiger partial charge is 0.228 e. The molecule has 0 unspecified atom stereocenters. The molecule has 1 aromatic rings. The fourth-order valence-corrected chi connectivity index (χ4v) is 4.30. The molecule has 1 amide bonds. The zero-order chi connectivity index (χ0) is 15.7. The molecule has 0 radical (unpaired) electrons. The number of hydrogen-bond donors (Lipinski definition) is 1. The minimum Gasteiger partial charge on any atom is -0.390 e. The van der Waals surface area contributed by atoms with Crippen molar-refractivity contribution in [3.8, 4) is 0 Å². The molecule has 5 nitrogen and oxygen atoms in total. The lowest BCUT2D eigenvalue weighted by Crippen LogP contribution is -2.50. The van der Waals surface area contributed by atoms with Gasteiger partial charge in [0, 0.05) is 37.4 Å². The van der Waals surface area contributed by atoms with Gasteiger partial charge in [0.25, 0.3) is 0 Å². The fourth-order valence-electron chi connectivity index (χ4n) is 4.30. The maximum atomic E-state index is 12.7. The number of nitrogens with zero attached hydrogens (tertiary/aromatic N) is 3. The van der Waals surface area contributed by atoms with Crippen molar-refractivity contribution in [1.82, 2.24) is 14.7 Å². The third kappa shape index (κ3) is 2.91. The summed E-state index contributed by atoms with van der Waals surface area (Å²) in [4.78, 5) is 14.8. The van der Waals surface area contributed by atoms with Crippen molar-refractivity contribution in [2.24, 2.45) is 13.0 Å². The number of hydrogen-bond acceptors (Lipinski definition) is 3. The third-order valence-corrected chi connectivity index (χ3v) is 5.59. The molecule has 1 aliphatic heterocycles. The van der Waals surface area contributed by atoms with E-state index in [2.05, 4.69) is 5.10 Å². The molecular weight excluding hydrogens is 278 g/mol. The Kier molecular flexibility index (Phi) is 4.26. The van der Waals surface area contributed by atoms with E-state index in [9.17, 15) is 9.90 Å². The summed E-state index contributed by atoms with van der Waals surface area (Å²) in [5, 5.41) is 14.9. The highest BCUT2D eigenvalue weighted by molar-refractivity contribution is 5.79. The molecule has 0 aromatic carbocycles. The summed E-state index contributed by atoms with van der Waals surface area (Å²) in [6.45, 7) is 2.78. The van der Waals surface area contributed by atoms with Crippen LogP contribution in [0.25, 0.3) is 0 Å². The van der Waals surface area contributed by atoms with Crippen LogP contribution >= 0.6 is 0 Å². The van der Waals surface area contributed by atoms with E-state index in [0.29, 0.717) is 6.42 Å². The normalized spacial score (nSPS) is 32.4. The van der Waals surface area contributed by atoms with E-state index in [4.69, 9.17) is 0 Å². The van der Waals surface area contributed by atoms with Crippen LogP contribution in [-0.2, 0) is 18.3 Å². The van der Waals surface area contributed by atoms with E-state index in [1.54, 1.807) is 10.9 Å². The zero-order valence-corrected chi connectivity index (χ0v) is 13.7. The molecule has 122 valence electrons. The predicted octanol–water partition coefficient (Wildman–Crippen LogP) is 1.89. The molecule has 22 heavy (non-hydrogen) atoms. The van der Waals surface area contributed by atoms with Crippen molar-refractivity contribution >= 4 is 5.91 Å². The van der Waals surface area contributed by atoms with Gasteiger partial charge in [0.05, 0.1) is 12.0 Å². The first-order valence-electron chi connectivity index (χ1n) is 8.48. The van der Waals surface area contributed by atoms with Crippen LogP contribution in [0.2, 0.25) is 0 Å². The van der Waals surface area contributed by atoms with Crippen LogP contribution in [0.3, 0.4) is 0 Å². The van der Waals surface area contributed by atoms with E-state index in [1.165, 1.54) is 6.42 Å². The van der Waals surface area contributed by atoms with Crippen molar-refractivity contribution in [2.45, 2.75) is 63.5 Å². The van der Waals surface area contributed by atoms with Crippen LogP contribution in [-0.4, -0.2) is 43.9 Å². The molecule has 0 spiro atoms. The van der Waals surface area contributed by atoms with Gasteiger partial charge in [-0.2, -0.15) is 5.10 Å². The molecule has 5 heteroatoms. The number of aryl methyl sites for hydroxylation is 1. The number of aromatic nitrogens is 2. The maximum absolute atomic E-state index is 12.7. The Bertz CT molecular complexity index is 538. The highest BCUT2D eigenvalue weighted by Crippen LogP contribution is 2.40. The van der Waals surface area contributed by atoms with Gasteiger partial charge in [-0.05, 0) is 38.7 Å². The minimum absolute atomic E-state index is 0.174. The summed E-state index contributed by atoms with van der Waals surface area (Å²) in [6.07, 6.45) is 8.37. The van der Waals surface area contributed by atoms with Crippen LogP contribution in [0.4, 0.5) is 0 Å². The van der Waals surface area contributed by atoms with Crippen LogP contribution in [0.1, 0.15) is 51.1 Å². The first-order chi connectivity index (χ1) is 10.5. The Labute approximate surface area is 132 Å². The molecule has 1 N–H and O–H groups in total. The number of carbonyl (C=O) groups excluding carboxylic acids is 1. The van der Waals surface area contributed by atoms with Gasteiger partial charge in [0.2, 0.25) is 5.91 Å². The summed E-state index contributed by atoms with van der Waals surface area (Å²) in [7, 11) is 1.87. The summed E-state index contributed by atoms with van der Waals surface area (Å²) in [6, 6.07) is 2.11. The Morgan fingerprint density at radius 2 is 2.23 bits per heavy atom. The second-order valence-electron chi connectivity index (χ2n) is 7.13. The van der Waals surface area contributed by atoms with Crippen molar-refractivity contribution in [3.05, 3.63) is 18.0 Å². The molecule has 0 bridgehead atoms. The second kappa shape index (κ2) is 6.03. The highest BCUT2D eigenvalue weighted by Gasteiger charge is 2.44. The van der Waals surface area contributed by atoms with Gasteiger partial charge < -0.3 is 10.0 Å². The SMILES string of the molecule is Cn1nccc1CC(=O)N1CCC[C@@H]1[C@H]1CCCC[C@@]1(C)O. The topological polar surface area (TPSA) is 58.4 Å². The van der Waals surface area contributed by atoms with Gasteiger partial charge in [-0.15, -0.1) is 0 Å². The van der Waals surface area contributed by atoms with Crippen LogP contribution in [0, 0.1) is 5.92 Å². The van der Waals surface area contributed by atoms with E-state index in [1.807, 2.05) is 24.9 Å². The standard InChI is InChI=1S/C17H27N3O2/c1-17(22)9-4-3-6-14(17)15-7-5-11-20(15)16(21)12-13-8-10-18-19(13)2/h8,10,14-15,22H,3-7,9,11-12H2,1-2H3/t14-,15-,17-/m1/s1. The molecule has 1 aliphatic carbocycles. The number of carbonyl (C=O) groups is 1. The number of amides is 1. The van der Waals surface area contributed by atoms with Crippen molar-refractivity contribution in [2.75, 3.05) is 6.54 Å². The van der Waals surface area contributed by atoms with Crippen molar-refractivity contribution < 1.29 is 9.90 Å². The van der Waals surface area contributed by atoms with Crippen LogP contribution in [0.15, 0.2) is 12.3 Å². The summed E-state index contributed by atoms with van der Waals surface area (Å²) in [5.74, 6) is 0.395. The Morgan fingerprint density at radius 3 is 2.91 bits per heavy atom. The monoisotopic (exact) mass is 305 g/mol. The van der Waals surface area contributed by atoms with Crippen LogP contribution < -0.4 is 0 Å². The molecule has 1 aromatic heterocycles. The molecule has 2 aliphatic rings. The highest BCUT2D eigenvalue weighted by atomic mass is 16.3. The average molecular weight is 305 g/mol. The average Bonchev–Trinajstić information content (AvgIpc) is 3.08. The van der Waals surface area contributed by atoms with Crippen molar-refractivity contribution in [1.29, 1.82) is 0 Å². The molecule has 2 heterocycles.